The number of nitrogens with zero attached hydrogens (tertiary/aromatic N) is 1. The maximum atomic E-state index is 11.9. The van der Waals surface area contributed by atoms with Gasteiger partial charge in [-0.2, -0.15) is 5.10 Å². The molecule has 2 aromatic rings. The highest BCUT2D eigenvalue weighted by Gasteiger charge is 2.12. The van der Waals surface area contributed by atoms with E-state index in [1.807, 2.05) is 31.2 Å². The van der Waals surface area contributed by atoms with E-state index in [1.54, 1.807) is 6.07 Å². The number of amides is 1. The summed E-state index contributed by atoms with van der Waals surface area (Å²) in [4.78, 5) is 11.9. The molecule has 1 heterocycles. The van der Waals surface area contributed by atoms with Gasteiger partial charge in [0, 0.05) is 18.2 Å². The van der Waals surface area contributed by atoms with Crippen molar-refractivity contribution in [1.82, 2.24) is 15.5 Å². The lowest BCUT2D eigenvalue weighted by molar-refractivity contribution is 0.0935. The van der Waals surface area contributed by atoms with Gasteiger partial charge in [-0.3, -0.25) is 9.89 Å². The van der Waals surface area contributed by atoms with Gasteiger partial charge in [-0.15, -0.1) is 0 Å². The van der Waals surface area contributed by atoms with Crippen LogP contribution < -0.4 is 5.32 Å². The number of carbonyl (C=O) groups excluding carboxylic acids is 1. The second kappa shape index (κ2) is 7.27. The number of aliphatic hydroxyl groups is 1. The van der Waals surface area contributed by atoms with Crippen molar-refractivity contribution in [3.8, 4) is 11.8 Å². The minimum Gasteiger partial charge on any atom is -0.395 e. The summed E-state index contributed by atoms with van der Waals surface area (Å²) in [5.74, 6) is 5.67. The Morgan fingerprint density at radius 3 is 3.05 bits per heavy atom. The van der Waals surface area contributed by atoms with Crippen LogP contribution in [0.15, 0.2) is 36.5 Å². The first-order chi connectivity index (χ1) is 10.2. The number of aromatic nitrogens is 2. The van der Waals surface area contributed by atoms with E-state index in [4.69, 9.17) is 5.11 Å². The Balaban J connectivity index is 2.06. The molecule has 0 aliphatic rings. The van der Waals surface area contributed by atoms with Crippen molar-refractivity contribution >= 4 is 5.91 Å². The third-order valence-electron chi connectivity index (χ3n) is 2.95. The van der Waals surface area contributed by atoms with Gasteiger partial charge in [0.1, 0.15) is 5.69 Å². The molecule has 5 heteroatoms. The number of benzene rings is 1. The van der Waals surface area contributed by atoms with Gasteiger partial charge >= 0.3 is 0 Å². The van der Waals surface area contributed by atoms with Gasteiger partial charge in [0.25, 0.3) is 5.91 Å². The average Bonchev–Trinajstić information content (AvgIpc) is 3.02. The maximum Gasteiger partial charge on any atom is 0.269 e. The van der Waals surface area contributed by atoms with Crippen LogP contribution in [0.3, 0.4) is 0 Å². The Bertz CT molecular complexity index is 654. The Labute approximate surface area is 123 Å². The summed E-state index contributed by atoms with van der Waals surface area (Å²) < 4.78 is 0. The summed E-state index contributed by atoms with van der Waals surface area (Å²) in [6.07, 6.45) is 1.99. The fourth-order valence-corrected chi connectivity index (χ4v) is 1.85. The summed E-state index contributed by atoms with van der Waals surface area (Å²) in [6, 6.07) is 9.16. The van der Waals surface area contributed by atoms with Crippen LogP contribution in [-0.4, -0.2) is 27.8 Å². The SMILES string of the molecule is CC(NC(=O)c1ccn[nH]1)c1cccc(C#CCCO)c1. The summed E-state index contributed by atoms with van der Waals surface area (Å²) in [6.45, 7) is 1.97. The summed E-state index contributed by atoms with van der Waals surface area (Å²) in [5, 5.41) is 18.0. The normalized spacial score (nSPS) is 11.3. The van der Waals surface area contributed by atoms with Crippen molar-refractivity contribution in [2.75, 3.05) is 6.61 Å². The molecule has 0 aliphatic heterocycles. The fraction of sp³-hybridized carbons (Fsp3) is 0.250. The molecule has 108 valence electrons. The highest BCUT2D eigenvalue weighted by Crippen LogP contribution is 2.14. The van der Waals surface area contributed by atoms with Crippen LogP contribution >= 0.6 is 0 Å². The molecule has 21 heavy (non-hydrogen) atoms. The number of hydrogen-bond donors (Lipinski definition) is 3. The Hall–Kier alpha value is -2.58. The van der Waals surface area contributed by atoms with Gasteiger partial charge in [0.05, 0.1) is 12.6 Å². The molecule has 3 N–H and O–H groups in total. The molecule has 1 amide bonds. The van der Waals surface area contributed by atoms with E-state index in [-0.39, 0.29) is 18.6 Å². The molecule has 0 saturated carbocycles. The molecule has 0 spiro atoms. The summed E-state index contributed by atoms with van der Waals surface area (Å²) in [7, 11) is 0. The van der Waals surface area contributed by atoms with E-state index in [0.717, 1.165) is 11.1 Å². The molecular formula is C16H17N3O2. The number of nitrogens with one attached hydrogen (secondary N) is 2. The first-order valence-corrected chi connectivity index (χ1v) is 6.70. The van der Waals surface area contributed by atoms with Crippen molar-refractivity contribution in [1.29, 1.82) is 0 Å². The third kappa shape index (κ3) is 4.20. The molecular weight excluding hydrogens is 266 g/mol. The summed E-state index contributed by atoms with van der Waals surface area (Å²) in [5.41, 5.74) is 2.27. The largest absolute Gasteiger partial charge is 0.395 e. The zero-order valence-electron chi connectivity index (χ0n) is 11.8. The first kappa shape index (κ1) is 14.8. The molecule has 1 aromatic carbocycles. The predicted octanol–water partition coefficient (Wildman–Crippen LogP) is 1.63. The molecule has 2 rings (SSSR count). The molecule has 0 saturated heterocycles. The molecule has 0 aliphatic carbocycles. The number of rotatable bonds is 4. The van der Waals surface area contributed by atoms with Crippen LogP contribution in [0.4, 0.5) is 0 Å². The van der Waals surface area contributed by atoms with Gasteiger partial charge < -0.3 is 10.4 Å². The molecule has 1 aromatic heterocycles. The first-order valence-electron chi connectivity index (χ1n) is 6.70. The van der Waals surface area contributed by atoms with Crippen molar-refractivity contribution < 1.29 is 9.90 Å². The zero-order chi connectivity index (χ0) is 15.1. The van der Waals surface area contributed by atoms with E-state index in [2.05, 4.69) is 27.4 Å². The molecule has 1 unspecified atom stereocenters. The quantitative estimate of drug-likeness (QED) is 0.746. The van der Waals surface area contributed by atoms with Crippen LogP contribution in [0.2, 0.25) is 0 Å². The van der Waals surface area contributed by atoms with Gasteiger partial charge in [0.2, 0.25) is 0 Å². The Morgan fingerprint density at radius 1 is 1.48 bits per heavy atom. The predicted molar refractivity (Wildman–Crippen MR) is 79.5 cm³/mol. The van der Waals surface area contributed by atoms with Gasteiger partial charge in [0.15, 0.2) is 0 Å². The van der Waals surface area contributed by atoms with Crippen LogP contribution in [0.1, 0.15) is 41.0 Å². The topological polar surface area (TPSA) is 78.0 Å². The standard InChI is InChI=1S/C16H17N3O2/c1-12(18-16(21)15-8-9-17-19-15)14-7-4-6-13(11-14)5-2-3-10-20/h4,6-9,11-12,20H,3,10H2,1H3,(H,17,19)(H,18,21). The van der Waals surface area contributed by atoms with E-state index in [9.17, 15) is 4.79 Å². The molecule has 5 nitrogen and oxygen atoms in total. The van der Waals surface area contributed by atoms with E-state index in [1.165, 1.54) is 6.20 Å². The van der Waals surface area contributed by atoms with Gasteiger partial charge in [-0.05, 0) is 30.7 Å². The smallest absolute Gasteiger partial charge is 0.269 e. The zero-order valence-corrected chi connectivity index (χ0v) is 11.8. The highest BCUT2D eigenvalue weighted by molar-refractivity contribution is 5.92. The van der Waals surface area contributed by atoms with Crippen molar-refractivity contribution in [3.05, 3.63) is 53.3 Å². The highest BCUT2D eigenvalue weighted by atomic mass is 16.2. The van der Waals surface area contributed by atoms with Crippen LogP contribution in [0.25, 0.3) is 0 Å². The third-order valence-corrected chi connectivity index (χ3v) is 2.95. The Morgan fingerprint density at radius 2 is 2.33 bits per heavy atom. The number of carbonyl (C=O) groups is 1. The number of H-pyrrole nitrogens is 1. The minimum atomic E-state index is -0.197. The van der Waals surface area contributed by atoms with Crippen molar-refractivity contribution in [3.63, 3.8) is 0 Å². The lowest BCUT2D eigenvalue weighted by Crippen LogP contribution is -2.27. The van der Waals surface area contributed by atoms with Gasteiger partial charge in [-0.1, -0.05) is 24.0 Å². The van der Waals surface area contributed by atoms with E-state index < -0.39 is 0 Å². The van der Waals surface area contributed by atoms with Crippen LogP contribution in [-0.2, 0) is 0 Å². The average molecular weight is 283 g/mol. The summed E-state index contributed by atoms with van der Waals surface area (Å²) >= 11 is 0. The van der Waals surface area contributed by atoms with E-state index >= 15 is 0 Å². The number of aliphatic hydroxyl groups excluding tert-OH is 1. The van der Waals surface area contributed by atoms with Gasteiger partial charge in [-0.25, -0.2) is 0 Å². The lowest BCUT2D eigenvalue weighted by atomic mass is 10.1. The molecule has 0 fully saturated rings. The monoisotopic (exact) mass is 283 g/mol. The molecule has 1 atom stereocenters. The second-order valence-corrected chi connectivity index (χ2v) is 4.57. The Kier molecular flexibility index (Phi) is 5.13. The fourth-order valence-electron chi connectivity index (χ4n) is 1.85. The number of hydrogen-bond acceptors (Lipinski definition) is 3. The van der Waals surface area contributed by atoms with Crippen molar-refractivity contribution in [2.24, 2.45) is 0 Å². The molecule has 0 radical (unpaired) electrons. The van der Waals surface area contributed by atoms with Crippen LogP contribution in [0, 0.1) is 11.8 Å². The van der Waals surface area contributed by atoms with Crippen molar-refractivity contribution in [2.45, 2.75) is 19.4 Å². The second-order valence-electron chi connectivity index (χ2n) is 4.57. The lowest BCUT2D eigenvalue weighted by Gasteiger charge is -2.13. The van der Waals surface area contributed by atoms with Crippen LogP contribution in [0.5, 0.6) is 0 Å². The molecule has 0 bridgehead atoms. The maximum absolute atomic E-state index is 11.9. The number of aromatic amines is 1. The minimum absolute atomic E-state index is 0.0589. The van der Waals surface area contributed by atoms with E-state index in [0.29, 0.717) is 12.1 Å².